The number of nitrogens with zero attached hydrogens (tertiary/aromatic N) is 1. The summed E-state index contributed by atoms with van der Waals surface area (Å²) in [5, 5.41) is 4.93. The molecule has 4 nitrogen and oxygen atoms in total. The molecule has 0 unspecified atom stereocenters. The Kier molecular flexibility index (Phi) is 4.29. The SMILES string of the molecule is CNc1c(F)cc(C(=O)Nc2ccncc2Br)cc1F. The molecule has 0 bridgehead atoms. The molecule has 0 saturated heterocycles. The fourth-order valence-electron chi connectivity index (χ4n) is 1.61. The number of aromatic nitrogens is 1. The summed E-state index contributed by atoms with van der Waals surface area (Å²) in [4.78, 5) is 15.8. The molecule has 1 aromatic carbocycles. The van der Waals surface area contributed by atoms with Crippen LogP contribution in [0.25, 0.3) is 0 Å². The molecule has 0 aliphatic carbocycles. The second kappa shape index (κ2) is 5.96. The van der Waals surface area contributed by atoms with Crippen LogP contribution in [0.1, 0.15) is 10.4 Å². The average Bonchev–Trinajstić information content (AvgIpc) is 2.41. The van der Waals surface area contributed by atoms with E-state index in [9.17, 15) is 13.6 Å². The zero-order chi connectivity index (χ0) is 14.7. The Morgan fingerprint density at radius 1 is 1.30 bits per heavy atom. The lowest BCUT2D eigenvalue weighted by Gasteiger charge is -2.09. The van der Waals surface area contributed by atoms with Crippen molar-refractivity contribution in [2.45, 2.75) is 0 Å². The van der Waals surface area contributed by atoms with E-state index in [-0.39, 0.29) is 11.3 Å². The molecule has 1 heterocycles. The largest absolute Gasteiger partial charge is 0.383 e. The van der Waals surface area contributed by atoms with Gasteiger partial charge in [0.2, 0.25) is 0 Å². The van der Waals surface area contributed by atoms with Crippen LogP contribution < -0.4 is 10.6 Å². The minimum atomic E-state index is -0.827. The third-order valence-electron chi connectivity index (χ3n) is 2.57. The van der Waals surface area contributed by atoms with E-state index in [0.717, 1.165) is 12.1 Å². The van der Waals surface area contributed by atoms with Crippen molar-refractivity contribution in [3.05, 3.63) is 52.3 Å². The number of anilines is 2. The number of carbonyl (C=O) groups excluding carboxylic acids is 1. The molecule has 0 fully saturated rings. The molecule has 1 amide bonds. The molecular formula is C13H10BrF2N3O. The lowest BCUT2D eigenvalue weighted by molar-refractivity contribution is 0.102. The van der Waals surface area contributed by atoms with E-state index < -0.39 is 17.5 Å². The molecule has 0 saturated carbocycles. The Morgan fingerprint density at radius 2 is 1.95 bits per heavy atom. The molecule has 0 spiro atoms. The van der Waals surface area contributed by atoms with Gasteiger partial charge < -0.3 is 10.6 Å². The van der Waals surface area contributed by atoms with E-state index >= 15 is 0 Å². The van der Waals surface area contributed by atoms with Gasteiger partial charge in [-0.3, -0.25) is 9.78 Å². The van der Waals surface area contributed by atoms with Crippen molar-refractivity contribution in [3.8, 4) is 0 Å². The topological polar surface area (TPSA) is 54.0 Å². The third-order valence-corrected chi connectivity index (χ3v) is 3.21. The second-order valence-electron chi connectivity index (χ2n) is 3.87. The molecule has 2 rings (SSSR count). The number of rotatable bonds is 3. The number of hydrogen-bond donors (Lipinski definition) is 2. The van der Waals surface area contributed by atoms with Crippen LogP contribution in [0.15, 0.2) is 35.1 Å². The van der Waals surface area contributed by atoms with Crippen molar-refractivity contribution in [1.29, 1.82) is 0 Å². The van der Waals surface area contributed by atoms with E-state index in [1.165, 1.54) is 19.4 Å². The Balaban J connectivity index is 2.29. The molecule has 104 valence electrons. The number of nitrogens with one attached hydrogen (secondary N) is 2. The van der Waals surface area contributed by atoms with Crippen molar-refractivity contribution in [2.24, 2.45) is 0 Å². The Bertz CT molecular complexity index is 641. The Labute approximate surface area is 122 Å². The van der Waals surface area contributed by atoms with Crippen LogP contribution in [0, 0.1) is 11.6 Å². The molecule has 0 radical (unpaired) electrons. The minimum absolute atomic E-state index is 0.109. The summed E-state index contributed by atoms with van der Waals surface area (Å²) in [6.07, 6.45) is 2.99. The van der Waals surface area contributed by atoms with E-state index in [0.29, 0.717) is 10.2 Å². The molecule has 1 aromatic heterocycles. The van der Waals surface area contributed by atoms with Crippen LogP contribution >= 0.6 is 15.9 Å². The number of hydrogen-bond acceptors (Lipinski definition) is 3. The third kappa shape index (κ3) is 2.93. The molecule has 2 aromatic rings. The van der Waals surface area contributed by atoms with Gasteiger partial charge in [-0.1, -0.05) is 0 Å². The molecule has 0 aliphatic rings. The molecule has 20 heavy (non-hydrogen) atoms. The van der Waals surface area contributed by atoms with Gasteiger partial charge in [-0.05, 0) is 34.1 Å². The Morgan fingerprint density at radius 3 is 2.50 bits per heavy atom. The number of halogens is 3. The van der Waals surface area contributed by atoms with Crippen LogP contribution in [0.3, 0.4) is 0 Å². The van der Waals surface area contributed by atoms with Gasteiger partial charge in [0, 0.05) is 25.0 Å². The first-order valence-corrected chi connectivity index (χ1v) is 6.40. The lowest BCUT2D eigenvalue weighted by Crippen LogP contribution is -2.13. The minimum Gasteiger partial charge on any atom is -0.383 e. The summed E-state index contributed by atoms with van der Waals surface area (Å²) < 4.78 is 27.7. The van der Waals surface area contributed by atoms with Crippen molar-refractivity contribution < 1.29 is 13.6 Å². The van der Waals surface area contributed by atoms with Crippen LogP contribution in [0.5, 0.6) is 0 Å². The van der Waals surface area contributed by atoms with Gasteiger partial charge in [0.25, 0.3) is 5.91 Å². The summed E-state index contributed by atoms with van der Waals surface area (Å²) >= 11 is 3.21. The number of benzene rings is 1. The van der Waals surface area contributed by atoms with Crippen LogP contribution in [-0.4, -0.2) is 17.9 Å². The second-order valence-corrected chi connectivity index (χ2v) is 4.73. The van der Waals surface area contributed by atoms with E-state index in [1.54, 1.807) is 6.07 Å². The fourth-order valence-corrected chi connectivity index (χ4v) is 1.96. The predicted octanol–water partition coefficient (Wildman–Crippen LogP) is 3.42. The van der Waals surface area contributed by atoms with Crippen LogP contribution in [0.2, 0.25) is 0 Å². The summed E-state index contributed by atoms with van der Waals surface area (Å²) in [6, 6.07) is 3.51. The maximum absolute atomic E-state index is 13.6. The summed E-state index contributed by atoms with van der Waals surface area (Å²) in [5.41, 5.74) is 0.0814. The highest BCUT2D eigenvalue weighted by molar-refractivity contribution is 9.10. The standard InChI is InChI=1S/C13H10BrF2N3O/c1-17-12-9(15)4-7(5-10(12)16)13(20)19-11-2-3-18-6-8(11)14/h2-6,17H,1H3,(H,18,19,20). The smallest absolute Gasteiger partial charge is 0.255 e. The molecular weight excluding hydrogens is 332 g/mol. The number of pyridine rings is 1. The van der Waals surface area contributed by atoms with Gasteiger partial charge >= 0.3 is 0 Å². The van der Waals surface area contributed by atoms with Crippen molar-refractivity contribution in [3.63, 3.8) is 0 Å². The van der Waals surface area contributed by atoms with E-state index in [2.05, 4.69) is 31.5 Å². The molecule has 0 aliphatic heterocycles. The number of carbonyl (C=O) groups is 1. The summed E-state index contributed by atoms with van der Waals surface area (Å²) in [6.45, 7) is 0. The summed E-state index contributed by atoms with van der Waals surface area (Å²) in [5.74, 6) is -2.27. The van der Waals surface area contributed by atoms with E-state index in [4.69, 9.17) is 0 Å². The molecule has 7 heteroatoms. The zero-order valence-corrected chi connectivity index (χ0v) is 12.0. The maximum atomic E-state index is 13.6. The quantitative estimate of drug-likeness (QED) is 0.899. The van der Waals surface area contributed by atoms with Gasteiger partial charge in [-0.15, -0.1) is 0 Å². The first-order valence-electron chi connectivity index (χ1n) is 5.60. The van der Waals surface area contributed by atoms with Gasteiger partial charge in [-0.2, -0.15) is 0 Å². The van der Waals surface area contributed by atoms with Crippen LogP contribution in [-0.2, 0) is 0 Å². The van der Waals surface area contributed by atoms with Crippen molar-refractivity contribution in [2.75, 3.05) is 17.7 Å². The highest BCUT2D eigenvalue weighted by Crippen LogP contribution is 2.23. The average molecular weight is 342 g/mol. The highest BCUT2D eigenvalue weighted by Gasteiger charge is 2.15. The first-order chi connectivity index (χ1) is 9.52. The normalized spacial score (nSPS) is 10.2. The van der Waals surface area contributed by atoms with Gasteiger partial charge in [0.05, 0.1) is 10.2 Å². The van der Waals surface area contributed by atoms with Gasteiger partial charge in [0.1, 0.15) is 17.3 Å². The molecule has 2 N–H and O–H groups in total. The van der Waals surface area contributed by atoms with E-state index in [1.807, 2.05) is 0 Å². The van der Waals surface area contributed by atoms with Crippen molar-refractivity contribution >= 4 is 33.2 Å². The highest BCUT2D eigenvalue weighted by atomic mass is 79.9. The first kappa shape index (κ1) is 14.4. The fraction of sp³-hybridized carbons (Fsp3) is 0.0769. The summed E-state index contributed by atoms with van der Waals surface area (Å²) in [7, 11) is 1.40. The van der Waals surface area contributed by atoms with Gasteiger partial charge in [-0.25, -0.2) is 8.78 Å². The van der Waals surface area contributed by atoms with Gasteiger partial charge in [0.15, 0.2) is 0 Å². The lowest BCUT2D eigenvalue weighted by atomic mass is 10.1. The predicted molar refractivity (Wildman–Crippen MR) is 75.8 cm³/mol. The zero-order valence-electron chi connectivity index (χ0n) is 10.4. The Hall–Kier alpha value is -2.02. The molecule has 0 atom stereocenters. The maximum Gasteiger partial charge on any atom is 0.255 e. The van der Waals surface area contributed by atoms with Crippen LogP contribution in [0.4, 0.5) is 20.2 Å². The monoisotopic (exact) mass is 341 g/mol. The van der Waals surface area contributed by atoms with Crippen molar-refractivity contribution in [1.82, 2.24) is 4.98 Å². The number of amides is 1.